The molecule has 0 heterocycles. The van der Waals surface area contributed by atoms with Crippen molar-refractivity contribution in [1.82, 2.24) is 0 Å². The van der Waals surface area contributed by atoms with Gasteiger partial charge in [-0.3, -0.25) is 9.59 Å². The number of hydrogen-bond acceptors (Lipinski definition) is 3. The monoisotopic (exact) mass is 166 g/mol. The zero-order chi connectivity index (χ0) is 8.27. The predicted molar refractivity (Wildman–Crippen MR) is 44.5 cm³/mol. The lowest BCUT2D eigenvalue weighted by Gasteiger charge is -1.94. The van der Waals surface area contributed by atoms with Gasteiger partial charge in [0.2, 0.25) is 0 Å². The summed E-state index contributed by atoms with van der Waals surface area (Å²) in [6, 6.07) is 4.71. The second-order valence-electron chi connectivity index (χ2n) is 2.09. The van der Waals surface area contributed by atoms with Gasteiger partial charge >= 0.3 is 0 Å². The topological polar surface area (TPSA) is 34.1 Å². The smallest absolute Gasteiger partial charge is 0.150 e. The Bertz CT molecular complexity index is 268. The molecule has 0 atom stereocenters. The normalized spacial score (nSPS) is 9.18. The van der Waals surface area contributed by atoms with Crippen molar-refractivity contribution in [3.63, 3.8) is 0 Å². The maximum atomic E-state index is 10.3. The fraction of sp³-hybridized carbons (Fsp3) is 0. The molecule has 11 heavy (non-hydrogen) atoms. The molecule has 1 aromatic rings. The molecule has 0 bridgehead atoms. The highest BCUT2D eigenvalue weighted by atomic mass is 32.1. The molecule has 0 saturated carbocycles. The second kappa shape index (κ2) is 3.34. The molecule has 0 spiro atoms. The number of rotatable bonds is 2. The van der Waals surface area contributed by atoms with Crippen LogP contribution in [0.3, 0.4) is 0 Å². The highest BCUT2D eigenvalue weighted by Crippen LogP contribution is 2.10. The molecule has 0 unspecified atom stereocenters. The van der Waals surface area contributed by atoms with Crippen LogP contribution < -0.4 is 0 Å². The lowest BCUT2D eigenvalue weighted by atomic mass is 10.1. The van der Waals surface area contributed by atoms with Crippen LogP contribution in [0, 0.1) is 0 Å². The molecule has 1 rings (SSSR count). The number of carbonyl (C=O) groups is 2. The lowest BCUT2D eigenvalue weighted by molar-refractivity contribution is 0.112. The fourth-order valence-corrected chi connectivity index (χ4v) is 1.09. The second-order valence-corrected chi connectivity index (χ2v) is 2.61. The third-order valence-corrected chi connectivity index (χ3v) is 1.49. The number of carbonyl (C=O) groups excluding carboxylic acids is 2. The molecule has 0 aromatic heterocycles. The summed E-state index contributed by atoms with van der Waals surface area (Å²) in [4.78, 5) is 21.2. The maximum absolute atomic E-state index is 10.3. The first-order valence-electron chi connectivity index (χ1n) is 3.00. The van der Waals surface area contributed by atoms with Crippen molar-refractivity contribution in [2.75, 3.05) is 0 Å². The van der Waals surface area contributed by atoms with Crippen LogP contribution in [0.4, 0.5) is 0 Å². The predicted octanol–water partition coefficient (Wildman–Crippen LogP) is 1.60. The minimum atomic E-state index is 0.472. The van der Waals surface area contributed by atoms with Gasteiger partial charge in [-0.15, -0.1) is 12.6 Å². The average Bonchev–Trinajstić information content (AvgIpc) is 2.03. The van der Waals surface area contributed by atoms with E-state index in [0.717, 1.165) is 0 Å². The molecule has 2 nitrogen and oxygen atoms in total. The van der Waals surface area contributed by atoms with Crippen LogP contribution in [-0.4, -0.2) is 12.6 Å². The Kier molecular flexibility index (Phi) is 2.44. The molecule has 0 N–H and O–H groups in total. The summed E-state index contributed by atoms with van der Waals surface area (Å²) in [6.45, 7) is 0. The third kappa shape index (κ3) is 1.91. The van der Waals surface area contributed by atoms with Crippen LogP contribution in [0.25, 0.3) is 0 Å². The van der Waals surface area contributed by atoms with E-state index in [1.165, 1.54) is 6.07 Å². The Hall–Kier alpha value is -1.09. The molecule has 3 heteroatoms. The summed E-state index contributed by atoms with van der Waals surface area (Å²) in [6.07, 6.45) is 1.37. The zero-order valence-electron chi connectivity index (χ0n) is 5.65. The van der Waals surface area contributed by atoms with Gasteiger partial charge < -0.3 is 0 Å². The highest BCUT2D eigenvalue weighted by molar-refractivity contribution is 7.80. The van der Waals surface area contributed by atoms with Crippen molar-refractivity contribution >= 4 is 25.2 Å². The maximum Gasteiger partial charge on any atom is 0.150 e. The van der Waals surface area contributed by atoms with Gasteiger partial charge in [0.05, 0.1) is 0 Å². The van der Waals surface area contributed by atoms with Crippen LogP contribution in [0.1, 0.15) is 20.7 Å². The minimum absolute atomic E-state index is 0.472. The van der Waals surface area contributed by atoms with E-state index in [4.69, 9.17) is 0 Å². The minimum Gasteiger partial charge on any atom is -0.298 e. The molecule has 0 fully saturated rings. The summed E-state index contributed by atoms with van der Waals surface area (Å²) < 4.78 is 0. The van der Waals surface area contributed by atoms with Gasteiger partial charge in [-0.25, -0.2) is 0 Å². The van der Waals surface area contributed by atoms with E-state index in [1.54, 1.807) is 12.1 Å². The first-order valence-corrected chi connectivity index (χ1v) is 3.45. The average molecular weight is 166 g/mol. The quantitative estimate of drug-likeness (QED) is 0.535. The van der Waals surface area contributed by atoms with Gasteiger partial charge in [0, 0.05) is 16.0 Å². The van der Waals surface area contributed by atoms with Crippen molar-refractivity contribution < 1.29 is 9.59 Å². The molecule has 0 aliphatic heterocycles. The van der Waals surface area contributed by atoms with E-state index in [0.29, 0.717) is 28.6 Å². The summed E-state index contributed by atoms with van der Waals surface area (Å²) in [5.41, 5.74) is 0.944. The lowest BCUT2D eigenvalue weighted by Crippen LogP contribution is -1.85. The Labute approximate surface area is 69.6 Å². The zero-order valence-corrected chi connectivity index (χ0v) is 6.54. The standard InChI is InChI=1S/C8H6O2S/c9-4-6-1-7(5-10)3-8(11)2-6/h1-5,11H. The van der Waals surface area contributed by atoms with Gasteiger partial charge in [0.25, 0.3) is 0 Å². The summed E-state index contributed by atoms with van der Waals surface area (Å²) in [5.74, 6) is 0. The van der Waals surface area contributed by atoms with Gasteiger partial charge in [-0.1, -0.05) is 0 Å². The molecule has 0 radical (unpaired) electrons. The van der Waals surface area contributed by atoms with E-state index in [1.807, 2.05) is 0 Å². The van der Waals surface area contributed by atoms with E-state index in [2.05, 4.69) is 12.6 Å². The number of hydrogen-bond donors (Lipinski definition) is 1. The third-order valence-electron chi connectivity index (χ3n) is 1.23. The number of aldehydes is 2. The van der Waals surface area contributed by atoms with Gasteiger partial charge in [0.1, 0.15) is 12.6 Å². The first kappa shape index (κ1) is 8.01. The molecular formula is C8H6O2S. The molecule has 0 aliphatic carbocycles. The number of thiol groups is 1. The van der Waals surface area contributed by atoms with Crippen LogP contribution in [0.2, 0.25) is 0 Å². The molecular weight excluding hydrogens is 160 g/mol. The molecule has 56 valence electrons. The first-order chi connectivity index (χ1) is 5.26. The van der Waals surface area contributed by atoms with Crippen molar-refractivity contribution in [2.45, 2.75) is 4.90 Å². The Morgan fingerprint density at radius 1 is 1.00 bits per heavy atom. The number of benzene rings is 1. The summed E-state index contributed by atoms with van der Waals surface area (Å²) >= 11 is 4.01. The largest absolute Gasteiger partial charge is 0.298 e. The summed E-state index contributed by atoms with van der Waals surface area (Å²) in [7, 11) is 0. The van der Waals surface area contributed by atoms with Gasteiger partial charge in [0.15, 0.2) is 0 Å². The van der Waals surface area contributed by atoms with Crippen LogP contribution >= 0.6 is 12.6 Å². The van der Waals surface area contributed by atoms with Crippen LogP contribution in [-0.2, 0) is 0 Å². The molecule has 0 saturated heterocycles. The van der Waals surface area contributed by atoms with Crippen molar-refractivity contribution in [3.8, 4) is 0 Å². The Morgan fingerprint density at radius 2 is 1.45 bits per heavy atom. The van der Waals surface area contributed by atoms with Crippen LogP contribution in [0.15, 0.2) is 23.1 Å². The molecule has 1 aromatic carbocycles. The van der Waals surface area contributed by atoms with Crippen LogP contribution in [0.5, 0.6) is 0 Å². The van der Waals surface area contributed by atoms with Crippen molar-refractivity contribution in [2.24, 2.45) is 0 Å². The van der Waals surface area contributed by atoms with Gasteiger partial charge in [-0.05, 0) is 18.2 Å². The Morgan fingerprint density at radius 3 is 1.82 bits per heavy atom. The Balaban J connectivity index is 3.21. The highest BCUT2D eigenvalue weighted by Gasteiger charge is 1.95. The SMILES string of the molecule is O=Cc1cc(S)cc(C=O)c1. The van der Waals surface area contributed by atoms with Gasteiger partial charge in [-0.2, -0.15) is 0 Å². The van der Waals surface area contributed by atoms with E-state index < -0.39 is 0 Å². The van der Waals surface area contributed by atoms with E-state index >= 15 is 0 Å². The fourth-order valence-electron chi connectivity index (χ4n) is 0.795. The molecule has 0 amide bonds. The van der Waals surface area contributed by atoms with E-state index in [9.17, 15) is 9.59 Å². The molecule has 0 aliphatic rings. The van der Waals surface area contributed by atoms with E-state index in [-0.39, 0.29) is 0 Å². The van der Waals surface area contributed by atoms with Crippen molar-refractivity contribution in [1.29, 1.82) is 0 Å². The van der Waals surface area contributed by atoms with Crippen molar-refractivity contribution in [3.05, 3.63) is 29.3 Å². The summed E-state index contributed by atoms with van der Waals surface area (Å²) in [5, 5.41) is 0.